The van der Waals surface area contributed by atoms with E-state index in [2.05, 4.69) is 40.0 Å². The van der Waals surface area contributed by atoms with Gasteiger partial charge in [0.05, 0.1) is 46.8 Å². The van der Waals surface area contributed by atoms with Crippen molar-refractivity contribution >= 4 is 42.3 Å². The van der Waals surface area contributed by atoms with Gasteiger partial charge in [-0.3, -0.25) is 14.6 Å². The van der Waals surface area contributed by atoms with E-state index in [-0.39, 0.29) is 47.5 Å². The second-order valence-electron chi connectivity index (χ2n) is 10.9. The molecule has 0 spiro atoms. The van der Waals surface area contributed by atoms with Crippen molar-refractivity contribution in [3.63, 3.8) is 0 Å². The van der Waals surface area contributed by atoms with Gasteiger partial charge in [-0.1, -0.05) is 50.0 Å². The molecule has 0 aliphatic heterocycles. The maximum atomic E-state index is 13.7. The topological polar surface area (TPSA) is 128 Å². The van der Waals surface area contributed by atoms with Gasteiger partial charge < -0.3 is 20.7 Å². The third-order valence-electron chi connectivity index (χ3n) is 6.40. The zero-order chi connectivity index (χ0) is 30.5. The Labute approximate surface area is 258 Å². The number of amides is 2. The molecular formula is C28H32CuF3N7O3Si. The van der Waals surface area contributed by atoms with E-state index in [4.69, 9.17) is 10.5 Å². The molecule has 233 valence electrons. The number of carbonyl (C=O) groups excluding carboxylic acids is 2. The summed E-state index contributed by atoms with van der Waals surface area (Å²) in [4.78, 5) is 35.7. The molecule has 0 saturated carbocycles. The number of nitrogen functional groups attached to an aromatic ring is 1. The molecule has 15 heteroatoms. The zero-order valence-corrected chi connectivity index (χ0v) is 25.7. The number of nitrogens with zero attached hydrogens (tertiary/aromatic N) is 5. The van der Waals surface area contributed by atoms with Crippen LogP contribution in [0.25, 0.3) is 10.9 Å². The van der Waals surface area contributed by atoms with Crippen LogP contribution in [-0.2, 0) is 57.4 Å². The maximum absolute atomic E-state index is 13.7. The molecule has 0 fully saturated rings. The van der Waals surface area contributed by atoms with Crippen molar-refractivity contribution in [3.05, 3.63) is 77.9 Å². The number of halogens is 3. The number of fused-ring (bicyclic) bond motifs is 1. The molecule has 0 saturated heterocycles. The molecule has 3 N–H and O–H groups in total. The van der Waals surface area contributed by atoms with Gasteiger partial charge >= 0.3 is 18.0 Å². The third kappa shape index (κ3) is 8.86. The molecular weight excluding hydrogens is 631 g/mol. The summed E-state index contributed by atoms with van der Waals surface area (Å²) in [5.74, 6) is -1.96. The fourth-order valence-corrected chi connectivity index (χ4v) is 4.92. The number of rotatable bonds is 10. The quantitative estimate of drug-likeness (QED) is 0.140. The van der Waals surface area contributed by atoms with E-state index in [9.17, 15) is 22.8 Å². The van der Waals surface area contributed by atoms with Crippen LogP contribution < -0.4 is 11.1 Å². The Bertz CT molecular complexity index is 1560. The van der Waals surface area contributed by atoms with Crippen LogP contribution >= 0.6 is 0 Å². The second kappa shape index (κ2) is 14.1. The molecule has 3 heterocycles. The van der Waals surface area contributed by atoms with Crippen LogP contribution in [0.2, 0.25) is 25.7 Å². The molecule has 4 aromatic rings. The first-order chi connectivity index (χ1) is 19.8. The van der Waals surface area contributed by atoms with Crippen LogP contribution in [0.5, 0.6) is 0 Å². The van der Waals surface area contributed by atoms with Crippen molar-refractivity contribution in [2.75, 3.05) is 17.7 Å². The maximum Gasteiger partial charge on any atom is 0.418 e. The first kappa shape index (κ1) is 33.7. The van der Waals surface area contributed by atoms with Gasteiger partial charge in [0.1, 0.15) is 12.5 Å². The van der Waals surface area contributed by atoms with E-state index >= 15 is 0 Å². The number of alkyl halides is 3. The van der Waals surface area contributed by atoms with Crippen LogP contribution in [0, 0.1) is 0 Å². The smallest absolute Gasteiger partial charge is 0.383 e. The molecule has 3 aromatic heterocycles. The summed E-state index contributed by atoms with van der Waals surface area (Å²) < 4.78 is 48.3. The molecule has 2 amide bonds. The second-order valence-corrected chi connectivity index (χ2v) is 16.5. The number of nitrogens with one attached hydrogen (secondary N) is 1. The van der Waals surface area contributed by atoms with Crippen LogP contribution in [0.15, 0.2) is 61.1 Å². The van der Waals surface area contributed by atoms with Gasteiger partial charge in [-0.25, -0.2) is 9.67 Å². The number of aromatic nitrogens is 4. The summed E-state index contributed by atoms with van der Waals surface area (Å²) in [5, 5.41) is 7.30. The Morgan fingerprint density at radius 1 is 1.05 bits per heavy atom. The number of hydrogen-bond donors (Lipinski definition) is 2. The number of benzene rings is 1. The van der Waals surface area contributed by atoms with Gasteiger partial charge in [0.2, 0.25) is 0 Å². The summed E-state index contributed by atoms with van der Waals surface area (Å²) in [5.41, 5.74) is 5.82. The average molecular weight is 663 g/mol. The molecule has 4 rings (SSSR count). The van der Waals surface area contributed by atoms with Gasteiger partial charge in [-0.2, -0.15) is 18.3 Å². The van der Waals surface area contributed by atoms with Gasteiger partial charge in [0.15, 0.2) is 0 Å². The Morgan fingerprint density at radius 2 is 1.77 bits per heavy atom. The molecule has 0 aliphatic rings. The molecule has 0 aliphatic carbocycles. The van der Waals surface area contributed by atoms with Crippen molar-refractivity contribution in [3.8, 4) is 0 Å². The van der Waals surface area contributed by atoms with Crippen molar-refractivity contribution in [1.82, 2.24) is 24.6 Å². The van der Waals surface area contributed by atoms with Gasteiger partial charge in [0, 0.05) is 44.5 Å². The van der Waals surface area contributed by atoms with Crippen molar-refractivity contribution in [1.29, 1.82) is 0 Å². The zero-order valence-electron chi connectivity index (χ0n) is 23.8. The number of ether oxygens (including phenoxy) is 1. The Hall–Kier alpha value is -3.78. The summed E-state index contributed by atoms with van der Waals surface area (Å²) >= 11 is 0. The average Bonchev–Trinajstić information content (AvgIpc) is 3.37. The van der Waals surface area contributed by atoms with Crippen LogP contribution in [-0.4, -0.2) is 51.1 Å². The van der Waals surface area contributed by atoms with E-state index in [0.29, 0.717) is 23.1 Å². The number of pyridine rings is 2. The SMILES string of the molecule is C[Si](C)(C)CCOCn1ncc2c(N)ncc(NC(=O)C(=O)N(Cc3ccccc3)Cc3ncccc3C(F)(F)F)c21.[Cu]. The fraction of sp³-hybridized carbons (Fsp3) is 0.321. The first-order valence-electron chi connectivity index (χ1n) is 13.2. The largest absolute Gasteiger partial charge is 0.418 e. The number of carbonyl (C=O) groups is 2. The monoisotopic (exact) mass is 662 g/mol. The normalized spacial score (nSPS) is 11.7. The van der Waals surface area contributed by atoms with Crippen LogP contribution in [0.1, 0.15) is 16.8 Å². The Morgan fingerprint density at radius 3 is 2.44 bits per heavy atom. The van der Waals surface area contributed by atoms with Crippen molar-refractivity contribution in [2.45, 2.75) is 51.7 Å². The molecule has 43 heavy (non-hydrogen) atoms. The molecule has 0 bridgehead atoms. The summed E-state index contributed by atoms with van der Waals surface area (Å²) in [7, 11) is -1.32. The van der Waals surface area contributed by atoms with Gasteiger partial charge in [0.25, 0.3) is 0 Å². The Balaban J connectivity index is 0.00000506. The number of anilines is 2. The molecule has 10 nitrogen and oxygen atoms in total. The van der Waals surface area contributed by atoms with E-state index in [1.54, 1.807) is 30.3 Å². The minimum Gasteiger partial charge on any atom is -0.383 e. The number of hydrogen-bond acceptors (Lipinski definition) is 7. The predicted octanol–water partition coefficient (Wildman–Crippen LogP) is 4.90. The molecule has 1 radical (unpaired) electrons. The number of nitrogens with two attached hydrogens (primary N) is 1. The first-order valence-corrected chi connectivity index (χ1v) is 16.9. The van der Waals surface area contributed by atoms with Gasteiger partial charge in [-0.15, -0.1) is 0 Å². The Kier molecular flexibility index (Phi) is 11.1. The fourth-order valence-electron chi connectivity index (χ4n) is 4.17. The molecule has 1 aromatic carbocycles. The van der Waals surface area contributed by atoms with Crippen LogP contribution in [0.4, 0.5) is 24.7 Å². The van der Waals surface area contributed by atoms with Crippen LogP contribution in [0.3, 0.4) is 0 Å². The predicted molar refractivity (Wildman–Crippen MR) is 155 cm³/mol. The van der Waals surface area contributed by atoms with E-state index in [1.807, 2.05) is 0 Å². The van der Waals surface area contributed by atoms with Crippen molar-refractivity contribution in [2.24, 2.45) is 0 Å². The summed E-state index contributed by atoms with van der Waals surface area (Å²) in [6, 6.07) is 11.6. The van der Waals surface area contributed by atoms with E-state index in [0.717, 1.165) is 17.0 Å². The molecule has 0 atom stereocenters. The minimum absolute atomic E-state index is 0. The van der Waals surface area contributed by atoms with Gasteiger partial charge in [-0.05, 0) is 23.7 Å². The third-order valence-corrected chi connectivity index (χ3v) is 8.10. The summed E-state index contributed by atoms with van der Waals surface area (Å²) in [6.45, 7) is 6.63. The summed E-state index contributed by atoms with van der Waals surface area (Å²) in [6.07, 6.45) is -0.701. The standard InChI is InChI=1S/C28H32F3N7O3Si.Cu/c1-42(2,3)13-12-41-18-38-24-20(14-35-38)25(32)34-15-22(24)36-26(39)27(40)37(16-19-8-5-4-6-9-19)17-23-21(28(29,30)31)10-7-11-33-23;/h4-11,14-15H,12-13,16-18H2,1-3H3,(H2,32,34)(H,36,39);. The van der Waals surface area contributed by atoms with Crippen molar-refractivity contribution < 1.29 is 44.6 Å². The molecule has 0 unspecified atom stereocenters. The van der Waals surface area contributed by atoms with E-state index < -0.39 is 38.2 Å². The minimum atomic E-state index is -4.69. The van der Waals surface area contributed by atoms with E-state index in [1.165, 1.54) is 29.3 Å².